The number of carbonyl (C=O) groups excluding carboxylic acids is 3. The van der Waals surface area contributed by atoms with Gasteiger partial charge >= 0.3 is 0 Å². The lowest BCUT2D eigenvalue weighted by molar-refractivity contribution is -0.140. The zero-order valence-corrected chi connectivity index (χ0v) is 21.0. The molecule has 1 aromatic rings. The Balaban J connectivity index is 1.16. The maximum atomic E-state index is 13.5. The Labute approximate surface area is 211 Å². The first-order valence-corrected chi connectivity index (χ1v) is 13.3. The van der Waals surface area contributed by atoms with Crippen molar-refractivity contribution in [3.05, 3.63) is 35.6 Å². The highest BCUT2D eigenvalue weighted by molar-refractivity contribution is 5.97. The van der Waals surface area contributed by atoms with Crippen LogP contribution in [-0.2, 0) is 14.3 Å². The first-order valence-electron chi connectivity index (χ1n) is 13.3. The Morgan fingerprint density at radius 1 is 1.14 bits per heavy atom. The van der Waals surface area contributed by atoms with Gasteiger partial charge in [0.25, 0.3) is 0 Å². The van der Waals surface area contributed by atoms with Crippen LogP contribution in [0.5, 0.6) is 0 Å². The lowest BCUT2D eigenvalue weighted by Crippen LogP contribution is -2.67. The molecule has 0 bridgehead atoms. The number of hydrogen-bond acceptors (Lipinski definition) is 6. The lowest BCUT2D eigenvalue weighted by atomic mass is 9.89. The summed E-state index contributed by atoms with van der Waals surface area (Å²) in [6, 6.07) is 5.95. The second-order valence-corrected chi connectivity index (χ2v) is 10.9. The van der Waals surface area contributed by atoms with Crippen LogP contribution in [0.25, 0.3) is 0 Å². The molecule has 0 aromatic heterocycles. The average Bonchev–Trinajstić information content (AvgIpc) is 3.73. The van der Waals surface area contributed by atoms with Crippen LogP contribution in [0.4, 0.5) is 4.39 Å². The van der Waals surface area contributed by atoms with E-state index in [1.54, 1.807) is 12.1 Å². The first-order chi connectivity index (χ1) is 17.4. The SMILES string of the molecule is C[C@H](C1CC1)N(CC1NC(=O)C2COCCC2N1)C(=O)CN1CCC(C(=O)c2ccc(F)cc2)CC1. The first kappa shape index (κ1) is 25.3. The second kappa shape index (κ2) is 10.9. The van der Waals surface area contributed by atoms with Gasteiger partial charge in [-0.25, -0.2) is 4.39 Å². The Morgan fingerprint density at radius 3 is 2.56 bits per heavy atom. The number of Topliss-reactive ketones (excluding diaryl/α,β-unsaturated/α-hetero) is 1. The second-order valence-electron chi connectivity index (χ2n) is 10.9. The highest BCUT2D eigenvalue weighted by Crippen LogP contribution is 2.35. The van der Waals surface area contributed by atoms with E-state index in [1.807, 2.05) is 4.90 Å². The number of nitrogens with one attached hydrogen (secondary N) is 2. The van der Waals surface area contributed by atoms with Gasteiger partial charge in [0.05, 0.1) is 31.8 Å². The number of halogens is 1. The van der Waals surface area contributed by atoms with E-state index in [0.29, 0.717) is 63.7 Å². The van der Waals surface area contributed by atoms with Crippen LogP contribution in [0.15, 0.2) is 24.3 Å². The smallest absolute Gasteiger partial charge is 0.237 e. The molecule has 1 aliphatic carbocycles. The fourth-order valence-corrected chi connectivity index (χ4v) is 5.88. The van der Waals surface area contributed by atoms with Crippen molar-refractivity contribution >= 4 is 17.6 Å². The molecule has 1 saturated carbocycles. The van der Waals surface area contributed by atoms with Gasteiger partial charge in [-0.1, -0.05) is 0 Å². The molecule has 0 radical (unpaired) electrons. The molecule has 3 aliphatic heterocycles. The summed E-state index contributed by atoms with van der Waals surface area (Å²) in [5.74, 6) is 0.0287. The minimum absolute atomic E-state index is 0.00261. The monoisotopic (exact) mass is 500 g/mol. The minimum Gasteiger partial charge on any atom is -0.381 e. The minimum atomic E-state index is -0.347. The Morgan fingerprint density at radius 2 is 1.86 bits per heavy atom. The molecular weight excluding hydrogens is 463 g/mol. The molecule has 2 N–H and O–H groups in total. The Bertz CT molecular complexity index is 961. The number of nitrogens with zero attached hydrogens (tertiary/aromatic N) is 2. The van der Waals surface area contributed by atoms with Gasteiger partial charge in [0.15, 0.2) is 5.78 Å². The summed E-state index contributed by atoms with van der Waals surface area (Å²) in [6.45, 7) is 5.33. The number of piperidine rings is 1. The quantitative estimate of drug-likeness (QED) is 0.529. The van der Waals surface area contributed by atoms with Gasteiger partial charge in [0.2, 0.25) is 11.8 Å². The normalized spacial score (nSPS) is 28.2. The van der Waals surface area contributed by atoms with Gasteiger partial charge in [0.1, 0.15) is 5.82 Å². The van der Waals surface area contributed by atoms with E-state index in [4.69, 9.17) is 4.74 Å². The summed E-state index contributed by atoms with van der Waals surface area (Å²) in [7, 11) is 0. The average molecular weight is 501 g/mol. The van der Waals surface area contributed by atoms with Gasteiger partial charge in [-0.2, -0.15) is 0 Å². The van der Waals surface area contributed by atoms with Gasteiger partial charge < -0.3 is 15.0 Å². The molecule has 0 spiro atoms. The molecule has 5 rings (SSSR count). The summed E-state index contributed by atoms with van der Waals surface area (Å²) < 4.78 is 18.7. The fourth-order valence-electron chi connectivity index (χ4n) is 5.88. The number of ether oxygens (including phenoxy) is 1. The molecule has 2 amide bonds. The summed E-state index contributed by atoms with van der Waals surface area (Å²) in [4.78, 5) is 43.0. The van der Waals surface area contributed by atoms with Crippen molar-refractivity contribution < 1.29 is 23.5 Å². The largest absolute Gasteiger partial charge is 0.381 e. The predicted octanol–water partition coefficient (Wildman–Crippen LogP) is 1.80. The fraction of sp³-hybridized carbons (Fsp3) is 0.667. The van der Waals surface area contributed by atoms with Crippen LogP contribution < -0.4 is 10.6 Å². The molecule has 1 aromatic carbocycles. The third kappa shape index (κ3) is 5.79. The summed E-state index contributed by atoms with van der Waals surface area (Å²) in [5, 5.41) is 6.60. The van der Waals surface area contributed by atoms with Crippen LogP contribution >= 0.6 is 0 Å². The van der Waals surface area contributed by atoms with E-state index in [0.717, 1.165) is 19.3 Å². The van der Waals surface area contributed by atoms with E-state index < -0.39 is 0 Å². The molecule has 3 saturated heterocycles. The van der Waals surface area contributed by atoms with Crippen molar-refractivity contribution in [3.8, 4) is 0 Å². The van der Waals surface area contributed by atoms with Crippen molar-refractivity contribution in [1.29, 1.82) is 0 Å². The molecule has 36 heavy (non-hydrogen) atoms. The van der Waals surface area contributed by atoms with Crippen molar-refractivity contribution in [2.45, 2.75) is 57.3 Å². The third-order valence-corrected chi connectivity index (χ3v) is 8.37. The highest BCUT2D eigenvalue weighted by Gasteiger charge is 2.41. The molecule has 4 atom stereocenters. The highest BCUT2D eigenvalue weighted by atomic mass is 19.1. The van der Waals surface area contributed by atoms with Gasteiger partial charge in [-0.15, -0.1) is 0 Å². The van der Waals surface area contributed by atoms with Gasteiger partial charge in [-0.05, 0) is 82.3 Å². The molecule has 9 heteroatoms. The van der Waals surface area contributed by atoms with E-state index >= 15 is 0 Å². The van der Waals surface area contributed by atoms with Crippen LogP contribution in [0, 0.1) is 23.6 Å². The van der Waals surface area contributed by atoms with Crippen molar-refractivity contribution in [1.82, 2.24) is 20.4 Å². The van der Waals surface area contributed by atoms with E-state index in [9.17, 15) is 18.8 Å². The number of likely N-dealkylation sites (tertiary alicyclic amines) is 1. The van der Waals surface area contributed by atoms with Crippen LogP contribution in [0.3, 0.4) is 0 Å². The van der Waals surface area contributed by atoms with E-state index in [-0.39, 0.29) is 53.5 Å². The summed E-state index contributed by atoms with van der Waals surface area (Å²) in [6.07, 6.45) is 4.18. The molecular formula is C27H37FN4O4. The van der Waals surface area contributed by atoms with Crippen LogP contribution in [0.2, 0.25) is 0 Å². The maximum absolute atomic E-state index is 13.5. The van der Waals surface area contributed by atoms with E-state index in [1.165, 1.54) is 12.1 Å². The molecule has 196 valence electrons. The number of rotatable bonds is 8. The summed E-state index contributed by atoms with van der Waals surface area (Å²) in [5.41, 5.74) is 0.546. The van der Waals surface area contributed by atoms with Crippen LogP contribution in [-0.4, -0.2) is 85.0 Å². The van der Waals surface area contributed by atoms with Gasteiger partial charge in [0, 0.05) is 30.2 Å². The number of ketones is 1. The van der Waals surface area contributed by atoms with Crippen molar-refractivity contribution in [3.63, 3.8) is 0 Å². The Hall–Kier alpha value is -2.36. The molecule has 3 heterocycles. The number of benzene rings is 1. The zero-order valence-electron chi connectivity index (χ0n) is 21.0. The third-order valence-electron chi connectivity index (χ3n) is 8.37. The standard InChI is InChI=1S/C27H37FN4O4/c1-17(18-2-3-18)32(14-24-29-23-10-13-36-16-22(23)27(35)30-24)25(33)15-31-11-8-20(9-12-31)26(34)19-4-6-21(28)7-5-19/h4-7,17-18,20,22-24,29H,2-3,8-16H2,1H3,(H,30,35)/t17-,22?,23?,24?/m1/s1. The van der Waals surface area contributed by atoms with Crippen molar-refractivity contribution in [2.24, 2.45) is 17.8 Å². The number of hydrogen-bond donors (Lipinski definition) is 2. The van der Waals surface area contributed by atoms with Gasteiger partial charge in [-0.3, -0.25) is 24.6 Å². The molecule has 4 aliphatic rings. The number of amides is 2. The molecule has 4 fully saturated rings. The molecule has 8 nitrogen and oxygen atoms in total. The summed E-state index contributed by atoms with van der Waals surface area (Å²) >= 11 is 0. The number of fused-ring (bicyclic) bond motifs is 1. The van der Waals surface area contributed by atoms with E-state index in [2.05, 4.69) is 22.5 Å². The zero-order chi connectivity index (χ0) is 25.2. The predicted molar refractivity (Wildman–Crippen MR) is 132 cm³/mol. The van der Waals surface area contributed by atoms with Crippen LogP contribution in [0.1, 0.15) is 49.4 Å². The number of carbonyl (C=O) groups is 3. The Kier molecular flexibility index (Phi) is 7.69. The van der Waals surface area contributed by atoms with Crippen molar-refractivity contribution in [2.75, 3.05) is 39.4 Å². The lowest BCUT2D eigenvalue weighted by Gasteiger charge is -2.42. The molecule has 3 unspecified atom stereocenters. The topological polar surface area (TPSA) is 91.0 Å². The maximum Gasteiger partial charge on any atom is 0.237 e.